The summed E-state index contributed by atoms with van der Waals surface area (Å²) >= 11 is 12.0. The van der Waals surface area contributed by atoms with Crippen LogP contribution in [0.3, 0.4) is 0 Å². The van der Waals surface area contributed by atoms with Crippen LogP contribution in [0.4, 0.5) is 0 Å². The van der Waals surface area contributed by atoms with E-state index in [1.165, 1.54) is 0 Å². The molecule has 2 aromatic rings. The van der Waals surface area contributed by atoms with Crippen LogP contribution < -0.4 is 5.73 Å². The van der Waals surface area contributed by atoms with Crippen molar-refractivity contribution in [3.8, 4) is 0 Å². The molecule has 0 saturated heterocycles. The molecule has 0 bridgehead atoms. The van der Waals surface area contributed by atoms with E-state index in [9.17, 15) is 0 Å². The van der Waals surface area contributed by atoms with Gasteiger partial charge in [0, 0.05) is 35.2 Å². The standard InChI is InChI=1S/C13H14Cl2N2/c14-12-3-8-6-17(7-9(8)4-13(12)15)11-2-1-10(16)5-11/h3-4,6-7,10-11H,1-2,5,16H2. The van der Waals surface area contributed by atoms with Gasteiger partial charge in [0.15, 0.2) is 0 Å². The molecule has 2 N–H and O–H groups in total. The van der Waals surface area contributed by atoms with E-state index in [0.717, 1.165) is 30.0 Å². The highest BCUT2D eigenvalue weighted by atomic mass is 35.5. The molecule has 1 aliphatic carbocycles. The quantitative estimate of drug-likeness (QED) is 0.833. The van der Waals surface area contributed by atoms with Crippen molar-refractivity contribution in [2.24, 2.45) is 5.73 Å². The van der Waals surface area contributed by atoms with Gasteiger partial charge in [0.25, 0.3) is 0 Å². The number of aromatic nitrogens is 1. The van der Waals surface area contributed by atoms with Gasteiger partial charge in [-0.15, -0.1) is 0 Å². The van der Waals surface area contributed by atoms with E-state index in [1.54, 1.807) is 0 Å². The molecule has 0 aliphatic heterocycles. The Morgan fingerprint density at radius 1 is 1.06 bits per heavy atom. The van der Waals surface area contributed by atoms with Crippen LogP contribution in [-0.2, 0) is 0 Å². The van der Waals surface area contributed by atoms with Gasteiger partial charge in [-0.1, -0.05) is 23.2 Å². The van der Waals surface area contributed by atoms with Gasteiger partial charge in [-0.05, 0) is 31.4 Å². The maximum Gasteiger partial charge on any atom is 0.0599 e. The molecule has 2 unspecified atom stereocenters. The molecule has 1 saturated carbocycles. The van der Waals surface area contributed by atoms with Crippen molar-refractivity contribution < 1.29 is 0 Å². The minimum atomic E-state index is 0.345. The number of nitrogens with zero attached hydrogens (tertiary/aromatic N) is 1. The fourth-order valence-corrected chi connectivity index (χ4v) is 2.98. The zero-order chi connectivity index (χ0) is 12.0. The van der Waals surface area contributed by atoms with Gasteiger partial charge < -0.3 is 10.3 Å². The number of fused-ring (bicyclic) bond motifs is 1. The van der Waals surface area contributed by atoms with E-state index in [1.807, 2.05) is 12.1 Å². The van der Waals surface area contributed by atoms with Gasteiger partial charge in [0.1, 0.15) is 0 Å². The summed E-state index contributed by atoms with van der Waals surface area (Å²) in [6.07, 6.45) is 7.60. The first-order valence-electron chi connectivity index (χ1n) is 5.85. The van der Waals surface area contributed by atoms with Crippen molar-refractivity contribution in [3.63, 3.8) is 0 Å². The second kappa shape index (κ2) is 4.20. The van der Waals surface area contributed by atoms with E-state index in [4.69, 9.17) is 28.9 Å². The van der Waals surface area contributed by atoms with Crippen molar-refractivity contribution in [2.75, 3.05) is 0 Å². The summed E-state index contributed by atoms with van der Waals surface area (Å²) in [7, 11) is 0. The zero-order valence-corrected chi connectivity index (χ0v) is 10.9. The minimum Gasteiger partial charge on any atom is -0.350 e. The normalized spacial score (nSPS) is 24.6. The molecule has 1 heterocycles. The van der Waals surface area contributed by atoms with Crippen LogP contribution in [0.1, 0.15) is 25.3 Å². The van der Waals surface area contributed by atoms with E-state index in [-0.39, 0.29) is 0 Å². The Labute approximate surface area is 110 Å². The third-order valence-electron chi connectivity index (χ3n) is 3.57. The summed E-state index contributed by atoms with van der Waals surface area (Å²) in [5.41, 5.74) is 5.95. The number of rotatable bonds is 1. The molecular formula is C13H14Cl2N2. The predicted octanol–water partition coefficient (Wildman–Crippen LogP) is 4.00. The SMILES string of the molecule is NC1CCC(n2cc3cc(Cl)c(Cl)cc3c2)C1. The van der Waals surface area contributed by atoms with Crippen LogP contribution in [0.15, 0.2) is 24.5 Å². The zero-order valence-electron chi connectivity index (χ0n) is 9.37. The molecule has 0 radical (unpaired) electrons. The van der Waals surface area contributed by atoms with Gasteiger partial charge in [-0.2, -0.15) is 0 Å². The number of halogens is 2. The van der Waals surface area contributed by atoms with Gasteiger partial charge >= 0.3 is 0 Å². The fourth-order valence-electron chi connectivity index (χ4n) is 2.63. The van der Waals surface area contributed by atoms with Crippen molar-refractivity contribution in [2.45, 2.75) is 31.3 Å². The van der Waals surface area contributed by atoms with E-state index < -0.39 is 0 Å². The first-order valence-corrected chi connectivity index (χ1v) is 6.61. The van der Waals surface area contributed by atoms with Crippen molar-refractivity contribution in [3.05, 3.63) is 34.6 Å². The van der Waals surface area contributed by atoms with Crippen LogP contribution >= 0.6 is 23.2 Å². The molecule has 4 heteroatoms. The van der Waals surface area contributed by atoms with Crippen molar-refractivity contribution >= 4 is 34.0 Å². The molecule has 1 aromatic carbocycles. The Morgan fingerprint density at radius 3 is 2.12 bits per heavy atom. The second-order valence-corrected chi connectivity index (χ2v) is 5.64. The molecule has 2 atom stereocenters. The first-order chi connectivity index (χ1) is 8.13. The fraction of sp³-hybridized carbons (Fsp3) is 0.385. The van der Waals surface area contributed by atoms with Gasteiger partial charge in [-0.3, -0.25) is 0 Å². The Hall–Kier alpha value is -0.700. The number of hydrogen-bond acceptors (Lipinski definition) is 1. The highest BCUT2D eigenvalue weighted by molar-refractivity contribution is 6.42. The summed E-state index contributed by atoms with van der Waals surface area (Å²) < 4.78 is 2.25. The molecule has 1 aromatic heterocycles. The van der Waals surface area contributed by atoms with Gasteiger partial charge in [-0.25, -0.2) is 0 Å². The molecule has 3 rings (SSSR count). The summed E-state index contributed by atoms with van der Waals surface area (Å²) in [6, 6.07) is 4.71. The lowest BCUT2D eigenvalue weighted by molar-refractivity contribution is 0.513. The predicted molar refractivity (Wildman–Crippen MR) is 72.8 cm³/mol. The summed E-state index contributed by atoms with van der Waals surface area (Å²) in [6.45, 7) is 0. The van der Waals surface area contributed by atoms with Crippen molar-refractivity contribution in [1.82, 2.24) is 4.57 Å². The lowest BCUT2D eigenvalue weighted by atomic mass is 10.2. The van der Waals surface area contributed by atoms with Crippen LogP contribution in [0.25, 0.3) is 10.8 Å². The van der Waals surface area contributed by atoms with Crippen LogP contribution in [-0.4, -0.2) is 10.6 Å². The highest BCUT2D eigenvalue weighted by Crippen LogP contribution is 2.33. The Morgan fingerprint density at radius 2 is 1.65 bits per heavy atom. The third kappa shape index (κ3) is 2.05. The average molecular weight is 269 g/mol. The maximum atomic E-state index is 6.02. The summed E-state index contributed by atoms with van der Waals surface area (Å²) in [5, 5.41) is 3.50. The smallest absolute Gasteiger partial charge is 0.0599 e. The maximum absolute atomic E-state index is 6.02. The van der Waals surface area contributed by atoms with Crippen LogP contribution in [0.5, 0.6) is 0 Å². The molecule has 0 amide bonds. The molecular weight excluding hydrogens is 255 g/mol. The Balaban J connectivity index is 2.02. The van der Waals surface area contributed by atoms with E-state index in [0.29, 0.717) is 22.1 Å². The molecule has 17 heavy (non-hydrogen) atoms. The third-order valence-corrected chi connectivity index (χ3v) is 4.29. The van der Waals surface area contributed by atoms with Gasteiger partial charge in [0.2, 0.25) is 0 Å². The van der Waals surface area contributed by atoms with E-state index in [2.05, 4.69) is 17.0 Å². The largest absolute Gasteiger partial charge is 0.350 e. The van der Waals surface area contributed by atoms with Crippen LogP contribution in [0.2, 0.25) is 10.0 Å². The molecule has 1 aliphatic rings. The summed E-state index contributed by atoms with van der Waals surface area (Å²) in [4.78, 5) is 0. The minimum absolute atomic E-state index is 0.345. The van der Waals surface area contributed by atoms with Crippen LogP contribution in [0, 0.1) is 0 Å². The second-order valence-electron chi connectivity index (χ2n) is 4.83. The Kier molecular flexibility index (Phi) is 2.81. The molecule has 90 valence electrons. The number of nitrogens with two attached hydrogens (primary N) is 1. The molecule has 2 nitrogen and oxygen atoms in total. The van der Waals surface area contributed by atoms with Gasteiger partial charge in [0.05, 0.1) is 10.0 Å². The average Bonchev–Trinajstić information content (AvgIpc) is 2.85. The van der Waals surface area contributed by atoms with Crippen molar-refractivity contribution in [1.29, 1.82) is 0 Å². The highest BCUT2D eigenvalue weighted by Gasteiger charge is 2.23. The molecule has 1 fully saturated rings. The molecule has 0 spiro atoms. The lowest BCUT2D eigenvalue weighted by Gasteiger charge is -2.10. The number of hydrogen-bond donors (Lipinski definition) is 1. The summed E-state index contributed by atoms with van der Waals surface area (Å²) in [5.74, 6) is 0. The Bertz CT molecular complexity index is 523. The number of benzene rings is 1. The lowest BCUT2D eigenvalue weighted by Crippen LogP contribution is -2.15. The monoisotopic (exact) mass is 268 g/mol. The first kappa shape index (κ1) is 11.4. The topological polar surface area (TPSA) is 30.9 Å². The van der Waals surface area contributed by atoms with E-state index >= 15 is 0 Å².